The molecule has 118 valence electrons. The number of aromatic nitrogens is 1. The number of ether oxygens (including phenoxy) is 1. The van der Waals surface area contributed by atoms with Gasteiger partial charge in [0.05, 0.1) is 6.10 Å². The first-order valence-corrected chi connectivity index (χ1v) is 7.16. The van der Waals surface area contributed by atoms with Crippen LogP contribution in [-0.2, 0) is 0 Å². The molecule has 3 aromatic rings. The summed E-state index contributed by atoms with van der Waals surface area (Å²) in [6.07, 6.45) is 1.29. The van der Waals surface area contributed by atoms with Gasteiger partial charge in [0.15, 0.2) is 11.6 Å². The molecule has 0 spiro atoms. The summed E-state index contributed by atoms with van der Waals surface area (Å²) in [5.41, 5.74) is 0.927. The van der Waals surface area contributed by atoms with E-state index in [0.29, 0.717) is 16.5 Å². The van der Waals surface area contributed by atoms with Crippen molar-refractivity contribution in [3.63, 3.8) is 0 Å². The van der Waals surface area contributed by atoms with Crippen LogP contribution < -0.4 is 4.74 Å². The second-order valence-electron chi connectivity index (χ2n) is 5.46. The van der Waals surface area contributed by atoms with Gasteiger partial charge in [-0.15, -0.1) is 0 Å². The number of halogens is 3. The van der Waals surface area contributed by atoms with Crippen LogP contribution in [0.5, 0.6) is 5.75 Å². The Morgan fingerprint density at radius 1 is 1.00 bits per heavy atom. The van der Waals surface area contributed by atoms with E-state index in [1.165, 1.54) is 12.3 Å². The molecule has 0 bridgehead atoms. The predicted octanol–water partition coefficient (Wildman–Crippen LogP) is 5.11. The summed E-state index contributed by atoms with van der Waals surface area (Å²) < 4.78 is 47.0. The molecule has 23 heavy (non-hydrogen) atoms. The first-order chi connectivity index (χ1) is 11.0. The zero-order valence-electron chi connectivity index (χ0n) is 12.6. The van der Waals surface area contributed by atoms with Crippen LogP contribution in [-0.4, -0.2) is 11.1 Å². The van der Waals surface area contributed by atoms with Crippen molar-refractivity contribution in [2.24, 2.45) is 0 Å². The molecule has 0 atom stereocenters. The second kappa shape index (κ2) is 5.91. The highest BCUT2D eigenvalue weighted by Crippen LogP contribution is 2.36. The minimum Gasteiger partial charge on any atom is -0.486 e. The number of rotatable bonds is 3. The first kappa shape index (κ1) is 15.3. The molecule has 0 unspecified atom stereocenters. The zero-order valence-corrected chi connectivity index (χ0v) is 12.6. The normalized spacial score (nSPS) is 11.2. The highest BCUT2D eigenvalue weighted by molar-refractivity contribution is 5.98. The van der Waals surface area contributed by atoms with Crippen molar-refractivity contribution in [2.45, 2.75) is 20.0 Å². The largest absolute Gasteiger partial charge is 0.486 e. The molecular formula is C18H14F3NO. The van der Waals surface area contributed by atoms with E-state index in [1.54, 1.807) is 26.0 Å². The number of hydrogen-bond acceptors (Lipinski definition) is 2. The van der Waals surface area contributed by atoms with Gasteiger partial charge in [-0.3, -0.25) is 4.98 Å². The molecule has 5 heteroatoms. The van der Waals surface area contributed by atoms with Gasteiger partial charge in [-0.1, -0.05) is 6.07 Å². The molecule has 2 nitrogen and oxygen atoms in total. The minimum atomic E-state index is -0.722. The lowest BCUT2D eigenvalue weighted by molar-refractivity contribution is 0.234. The Bertz CT molecular complexity index is 857. The fourth-order valence-electron chi connectivity index (χ4n) is 2.48. The number of benzene rings is 2. The highest BCUT2D eigenvalue weighted by atomic mass is 19.1. The second-order valence-corrected chi connectivity index (χ2v) is 5.46. The van der Waals surface area contributed by atoms with Gasteiger partial charge in [-0.05, 0) is 49.2 Å². The van der Waals surface area contributed by atoms with Crippen molar-refractivity contribution >= 4 is 10.9 Å². The van der Waals surface area contributed by atoms with Crippen molar-refractivity contribution in [1.29, 1.82) is 0 Å². The number of nitrogens with zero attached hydrogens (tertiary/aromatic N) is 1. The summed E-state index contributed by atoms with van der Waals surface area (Å²) in [5, 5.41) is 0.564. The number of fused-ring (bicyclic) bond motifs is 1. The highest BCUT2D eigenvalue weighted by Gasteiger charge is 2.17. The van der Waals surface area contributed by atoms with Gasteiger partial charge < -0.3 is 4.74 Å². The molecule has 0 N–H and O–H groups in total. The third kappa shape index (κ3) is 2.99. The Hall–Kier alpha value is -2.56. The van der Waals surface area contributed by atoms with Crippen LogP contribution in [0.4, 0.5) is 13.2 Å². The molecule has 0 fully saturated rings. The summed E-state index contributed by atoms with van der Waals surface area (Å²) in [6.45, 7) is 3.56. The van der Waals surface area contributed by atoms with Crippen LogP contribution in [0.1, 0.15) is 13.8 Å². The van der Waals surface area contributed by atoms with Gasteiger partial charge in [0.1, 0.15) is 17.2 Å². The minimum absolute atomic E-state index is 0.0382. The maximum atomic E-state index is 14.5. The van der Waals surface area contributed by atoms with E-state index in [2.05, 4.69) is 4.98 Å². The molecule has 1 heterocycles. The topological polar surface area (TPSA) is 22.1 Å². The molecule has 3 rings (SSSR count). The van der Waals surface area contributed by atoms with E-state index >= 15 is 0 Å². The van der Waals surface area contributed by atoms with E-state index in [-0.39, 0.29) is 17.4 Å². The molecule has 0 saturated carbocycles. The maximum Gasteiger partial charge on any atom is 0.181 e. The van der Waals surface area contributed by atoms with Gasteiger partial charge in [-0.2, -0.15) is 0 Å². The molecule has 1 aromatic heterocycles. The maximum absolute atomic E-state index is 14.5. The lowest BCUT2D eigenvalue weighted by atomic mass is 9.99. The summed E-state index contributed by atoms with van der Waals surface area (Å²) in [5.74, 6) is -2.03. The van der Waals surface area contributed by atoms with Crippen molar-refractivity contribution in [3.8, 4) is 16.9 Å². The van der Waals surface area contributed by atoms with Gasteiger partial charge in [0.25, 0.3) is 0 Å². The van der Waals surface area contributed by atoms with Crippen LogP contribution in [0.25, 0.3) is 22.0 Å². The third-order valence-electron chi connectivity index (χ3n) is 3.33. The Morgan fingerprint density at radius 3 is 2.35 bits per heavy atom. The van der Waals surface area contributed by atoms with Crippen molar-refractivity contribution in [2.75, 3.05) is 0 Å². The number of pyridine rings is 1. The van der Waals surface area contributed by atoms with E-state index in [9.17, 15) is 13.2 Å². The summed E-state index contributed by atoms with van der Waals surface area (Å²) in [4.78, 5) is 4.17. The van der Waals surface area contributed by atoms with E-state index in [1.807, 2.05) is 0 Å². The van der Waals surface area contributed by atoms with Crippen LogP contribution in [0.15, 0.2) is 42.6 Å². The van der Waals surface area contributed by atoms with E-state index in [4.69, 9.17) is 4.74 Å². The van der Waals surface area contributed by atoms with E-state index < -0.39 is 17.5 Å². The average molecular weight is 317 g/mol. The SMILES string of the molecule is CC(C)Oc1c(F)cc(-c2cc(F)cc(F)c2)c2cccnc12. The summed E-state index contributed by atoms with van der Waals surface area (Å²) in [6, 6.07) is 7.71. The molecular weight excluding hydrogens is 303 g/mol. The van der Waals surface area contributed by atoms with Crippen LogP contribution in [0.2, 0.25) is 0 Å². The van der Waals surface area contributed by atoms with Gasteiger partial charge >= 0.3 is 0 Å². The Kier molecular flexibility index (Phi) is 3.94. The monoisotopic (exact) mass is 317 g/mol. The molecule has 0 aliphatic heterocycles. The smallest absolute Gasteiger partial charge is 0.181 e. The van der Waals surface area contributed by atoms with Crippen molar-refractivity contribution in [1.82, 2.24) is 4.98 Å². The van der Waals surface area contributed by atoms with Crippen LogP contribution >= 0.6 is 0 Å². The molecule has 0 aliphatic rings. The zero-order chi connectivity index (χ0) is 16.6. The average Bonchev–Trinajstić information content (AvgIpc) is 2.48. The van der Waals surface area contributed by atoms with E-state index in [0.717, 1.165) is 18.2 Å². The standard InChI is InChI=1S/C18H14F3NO/c1-10(2)23-18-16(21)9-15(14-4-3-5-22-17(14)18)11-6-12(19)8-13(20)7-11/h3-10H,1-2H3. The molecule has 0 saturated heterocycles. The van der Waals surface area contributed by atoms with Crippen LogP contribution in [0.3, 0.4) is 0 Å². The lowest BCUT2D eigenvalue weighted by Gasteiger charge is -2.15. The van der Waals surface area contributed by atoms with Gasteiger partial charge in [-0.25, -0.2) is 13.2 Å². The first-order valence-electron chi connectivity index (χ1n) is 7.16. The Balaban J connectivity index is 2.30. The van der Waals surface area contributed by atoms with Gasteiger partial charge in [0, 0.05) is 17.6 Å². The molecule has 2 aromatic carbocycles. The molecule has 0 amide bonds. The van der Waals surface area contributed by atoms with Crippen LogP contribution in [0, 0.1) is 17.5 Å². The van der Waals surface area contributed by atoms with Crippen molar-refractivity contribution < 1.29 is 17.9 Å². The number of hydrogen-bond donors (Lipinski definition) is 0. The molecule has 0 aliphatic carbocycles. The fraction of sp³-hybridized carbons (Fsp3) is 0.167. The Morgan fingerprint density at radius 2 is 1.70 bits per heavy atom. The summed E-state index contributed by atoms with van der Waals surface area (Å²) in [7, 11) is 0. The van der Waals surface area contributed by atoms with Crippen molar-refractivity contribution in [3.05, 3.63) is 60.0 Å². The molecule has 0 radical (unpaired) electrons. The quantitative estimate of drug-likeness (QED) is 0.670. The lowest BCUT2D eigenvalue weighted by Crippen LogP contribution is -2.08. The summed E-state index contributed by atoms with van der Waals surface area (Å²) >= 11 is 0. The third-order valence-corrected chi connectivity index (χ3v) is 3.33. The fourth-order valence-corrected chi connectivity index (χ4v) is 2.48. The predicted molar refractivity (Wildman–Crippen MR) is 82.8 cm³/mol. The van der Waals surface area contributed by atoms with Gasteiger partial charge in [0.2, 0.25) is 0 Å². The Labute approximate surface area is 131 Å².